The van der Waals surface area contributed by atoms with Crippen LogP contribution in [0, 0.1) is 0 Å². The minimum atomic E-state index is 0.466. The molecule has 0 saturated heterocycles. The van der Waals surface area contributed by atoms with Crippen molar-refractivity contribution in [3.8, 4) is 11.3 Å². The second-order valence-corrected chi connectivity index (χ2v) is 5.13. The molecule has 1 aromatic heterocycles. The Hall–Kier alpha value is -0.580. The van der Waals surface area contributed by atoms with E-state index in [0.29, 0.717) is 9.47 Å². The van der Waals surface area contributed by atoms with Crippen molar-refractivity contribution >= 4 is 43.9 Å². The fraction of sp³-hybridized carbons (Fsp3) is 0. The molecule has 0 aliphatic heterocycles. The zero-order chi connectivity index (χ0) is 10.1. The van der Waals surface area contributed by atoms with Gasteiger partial charge in [-0.1, -0.05) is 57.1 Å². The number of rotatable bonds is 1. The summed E-state index contributed by atoms with van der Waals surface area (Å²) in [6, 6.07) is 7.78. The van der Waals surface area contributed by atoms with Gasteiger partial charge in [-0.3, -0.25) is 0 Å². The Morgan fingerprint density at radius 2 is 2.07 bits per heavy atom. The van der Waals surface area contributed by atoms with E-state index in [1.807, 2.05) is 24.3 Å². The molecule has 5 heteroatoms. The standard InChI is InChI=1S/C9H6BrClN2S/c10-6-4-2-1-3-5(6)7-8(12)14-9(11)13-7/h1-4H,12H2. The lowest BCUT2D eigenvalue weighted by atomic mass is 10.2. The topological polar surface area (TPSA) is 38.9 Å². The van der Waals surface area contributed by atoms with E-state index in [-0.39, 0.29) is 0 Å². The highest BCUT2D eigenvalue weighted by atomic mass is 79.9. The highest BCUT2D eigenvalue weighted by Crippen LogP contribution is 2.36. The molecule has 2 aromatic rings. The van der Waals surface area contributed by atoms with E-state index < -0.39 is 0 Å². The van der Waals surface area contributed by atoms with Gasteiger partial charge in [0.25, 0.3) is 0 Å². The SMILES string of the molecule is Nc1sc(Cl)nc1-c1ccccc1Br. The van der Waals surface area contributed by atoms with Gasteiger partial charge in [-0.25, -0.2) is 4.98 Å². The molecule has 0 aliphatic rings. The molecule has 2 nitrogen and oxygen atoms in total. The molecule has 0 atom stereocenters. The van der Waals surface area contributed by atoms with Crippen molar-refractivity contribution in [3.63, 3.8) is 0 Å². The predicted octanol–water partition coefficient (Wildman–Crippen LogP) is 3.81. The van der Waals surface area contributed by atoms with Crippen molar-refractivity contribution in [3.05, 3.63) is 33.2 Å². The molecule has 14 heavy (non-hydrogen) atoms. The molecular formula is C9H6BrClN2S. The van der Waals surface area contributed by atoms with Crippen LogP contribution in [0.15, 0.2) is 28.7 Å². The molecule has 0 amide bonds. The van der Waals surface area contributed by atoms with Crippen molar-refractivity contribution < 1.29 is 0 Å². The summed E-state index contributed by atoms with van der Waals surface area (Å²) >= 11 is 10.5. The molecule has 0 unspecified atom stereocenters. The van der Waals surface area contributed by atoms with Crippen molar-refractivity contribution in [2.75, 3.05) is 5.73 Å². The van der Waals surface area contributed by atoms with Crippen LogP contribution in [0.4, 0.5) is 5.00 Å². The van der Waals surface area contributed by atoms with Crippen LogP contribution in [0.1, 0.15) is 0 Å². The Labute approximate surface area is 98.9 Å². The van der Waals surface area contributed by atoms with E-state index in [1.54, 1.807) is 0 Å². The van der Waals surface area contributed by atoms with E-state index in [1.165, 1.54) is 11.3 Å². The van der Waals surface area contributed by atoms with Crippen molar-refractivity contribution in [1.29, 1.82) is 0 Å². The lowest BCUT2D eigenvalue weighted by Crippen LogP contribution is -1.86. The maximum atomic E-state index is 5.79. The number of aromatic nitrogens is 1. The van der Waals surface area contributed by atoms with Gasteiger partial charge in [0.05, 0.1) is 0 Å². The summed E-state index contributed by atoms with van der Waals surface area (Å²) < 4.78 is 1.43. The van der Waals surface area contributed by atoms with E-state index in [2.05, 4.69) is 20.9 Å². The number of halogens is 2. The molecule has 0 saturated carbocycles. The number of hydrogen-bond donors (Lipinski definition) is 1. The first-order chi connectivity index (χ1) is 6.68. The van der Waals surface area contributed by atoms with E-state index >= 15 is 0 Å². The zero-order valence-corrected chi connectivity index (χ0v) is 10.2. The Bertz CT molecular complexity index is 470. The second-order valence-electron chi connectivity index (χ2n) is 2.66. The molecular weight excluding hydrogens is 284 g/mol. The lowest BCUT2D eigenvalue weighted by molar-refractivity contribution is 1.40. The third-order valence-electron chi connectivity index (χ3n) is 1.76. The van der Waals surface area contributed by atoms with Gasteiger partial charge >= 0.3 is 0 Å². The molecule has 1 heterocycles. The number of benzene rings is 1. The van der Waals surface area contributed by atoms with Crippen LogP contribution < -0.4 is 5.73 Å². The molecule has 0 aliphatic carbocycles. The van der Waals surface area contributed by atoms with Crippen LogP contribution in [0.2, 0.25) is 4.47 Å². The highest BCUT2D eigenvalue weighted by Gasteiger charge is 2.11. The molecule has 2 N–H and O–H groups in total. The Balaban J connectivity index is 2.60. The molecule has 0 spiro atoms. The summed E-state index contributed by atoms with van der Waals surface area (Å²) in [6.45, 7) is 0. The van der Waals surface area contributed by atoms with Gasteiger partial charge in [0.15, 0.2) is 4.47 Å². The van der Waals surface area contributed by atoms with Crippen molar-refractivity contribution in [2.45, 2.75) is 0 Å². The maximum absolute atomic E-state index is 5.79. The van der Waals surface area contributed by atoms with E-state index in [4.69, 9.17) is 17.3 Å². The molecule has 0 bridgehead atoms. The normalized spacial score (nSPS) is 10.4. The summed E-state index contributed by atoms with van der Waals surface area (Å²) in [4.78, 5) is 4.17. The Kier molecular flexibility index (Phi) is 2.76. The zero-order valence-electron chi connectivity index (χ0n) is 7.00. The van der Waals surface area contributed by atoms with Gasteiger partial charge in [0.1, 0.15) is 10.7 Å². The Morgan fingerprint density at radius 3 is 2.64 bits per heavy atom. The van der Waals surface area contributed by atoms with Crippen molar-refractivity contribution in [2.24, 2.45) is 0 Å². The minimum Gasteiger partial charge on any atom is -0.389 e. The van der Waals surface area contributed by atoms with Gasteiger partial charge in [-0.15, -0.1) is 0 Å². The first-order valence-corrected chi connectivity index (χ1v) is 5.84. The number of thiazole rings is 1. The van der Waals surface area contributed by atoms with Crippen LogP contribution in [0.5, 0.6) is 0 Å². The summed E-state index contributed by atoms with van der Waals surface area (Å²) in [7, 11) is 0. The average molecular weight is 290 g/mol. The van der Waals surface area contributed by atoms with Gasteiger partial charge in [-0.2, -0.15) is 0 Å². The number of hydrogen-bond acceptors (Lipinski definition) is 3. The maximum Gasteiger partial charge on any atom is 0.186 e. The molecule has 1 aromatic carbocycles. The molecule has 2 rings (SSSR count). The van der Waals surface area contributed by atoms with Crippen LogP contribution >= 0.6 is 38.9 Å². The number of nitrogens with two attached hydrogens (primary N) is 1. The molecule has 0 radical (unpaired) electrons. The summed E-state index contributed by atoms with van der Waals surface area (Å²) in [5, 5.41) is 0.641. The second kappa shape index (κ2) is 3.88. The number of nitrogens with zero attached hydrogens (tertiary/aromatic N) is 1. The Morgan fingerprint density at radius 1 is 1.36 bits per heavy atom. The lowest BCUT2D eigenvalue weighted by Gasteiger charge is -2.00. The van der Waals surface area contributed by atoms with Gasteiger partial charge in [-0.05, 0) is 6.07 Å². The number of nitrogen functional groups attached to an aromatic ring is 1. The predicted molar refractivity (Wildman–Crippen MR) is 64.7 cm³/mol. The monoisotopic (exact) mass is 288 g/mol. The summed E-state index contributed by atoms with van der Waals surface area (Å²) in [5.41, 5.74) is 7.50. The quantitative estimate of drug-likeness (QED) is 0.867. The van der Waals surface area contributed by atoms with Gasteiger partial charge < -0.3 is 5.73 Å². The van der Waals surface area contributed by atoms with Crippen LogP contribution in [0.3, 0.4) is 0 Å². The first-order valence-electron chi connectivity index (χ1n) is 3.85. The molecule has 0 fully saturated rings. The fourth-order valence-electron chi connectivity index (χ4n) is 1.15. The number of anilines is 1. The average Bonchev–Trinajstić information content (AvgIpc) is 2.46. The third kappa shape index (κ3) is 1.78. The van der Waals surface area contributed by atoms with E-state index in [9.17, 15) is 0 Å². The fourth-order valence-corrected chi connectivity index (χ4v) is 2.53. The van der Waals surface area contributed by atoms with E-state index in [0.717, 1.165) is 15.7 Å². The van der Waals surface area contributed by atoms with Crippen LogP contribution in [-0.4, -0.2) is 4.98 Å². The largest absolute Gasteiger partial charge is 0.389 e. The highest BCUT2D eigenvalue weighted by molar-refractivity contribution is 9.10. The molecule has 72 valence electrons. The summed E-state index contributed by atoms with van der Waals surface area (Å²) in [6.07, 6.45) is 0. The third-order valence-corrected chi connectivity index (χ3v) is 3.44. The summed E-state index contributed by atoms with van der Waals surface area (Å²) in [5.74, 6) is 0. The van der Waals surface area contributed by atoms with Gasteiger partial charge in [0.2, 0.25) is 0 Å². The smallest absolute Gasteiger partial charge is 0.186 e. The van der Waals surface area contributed by atoms with Gasteiger partial charge in [0, 0.05) is 10.0 Å². The van der Waals surface area contributed by atoms with Crippen molar-refractivity contribution in [1.82, 2.24) is 4.98 Å². The first kappa shape index (κ1) is 9.96. The van der Waals surface area contributed by atoms with Crippen LogP contribution in [0.25, 0.3) is 11.3 Å². The van der Waals surface area contributed by atoms with Crippen LogP contribution in [-0.2, 0) is 0 Å². The minimum absolute atomic E-state index is 0.466.